The van der Waals surface area contributed by atoms with Crippen molar-refractivity contribution in [3.8, 4) is 5.75 Å². The molecule has 0 saturated heterocycles. The third-order valence-electron chi connectivity index (χ3n) is 3.43. The topological polar surface area (TPSA) is 93.5 Å². The Hall–Kier alpha value is -2.52. The van der Waals surface area contributed by atoms with Crippen LogP contribution in [0.5, 0.6) is 5.75 Å². The minimum Gasteiger partial charge on any atom is -0.484 e. The number of non-ortho nitro benzene ring substituents is 1. The molecule has 2 rings (SSSR count). The summed E-state index contributed by atoms with van der Waals surface area (Å²) < 4.78 is 6.37. The van der Waals surface area contributed by atoms with E-state index in [2.05, 4.69) is 26.6 Å². The summed E-state index contributed by atoms with van der Waals surface area (Å²) in [5, 5.41) is 16.1. The van der Waals surface area contributed by atoms with E-state index in [0.717, 1.165) is 15.6 Å². The zero-order valence-corrected chi connectivity index (χ0v) is 16.4. The van der Waals surface area contributed by atoms with E-state index in [1.54, 1.807) is 25.1 Å². The Morgan fingerprint density at radius 1 is 1.23 bits per heavy atom. The lowest BCUT2D eigenvalue weighted by Gasteiger charge is -2.12. The Bertz CT molecular complexity index is 873. The molecule has 0 unspecified atom stereocenters. The number of hydrogen-bond acceptors (Lipinski definition) is 5. The number of hydrogen-bond donors (Lipinski definition) is 2. The van der Waals surface area contributed by atoms with Gasteiger partial charge in [-0.3, -0.25) is 20.2 Å². The maximum atomic E-state index is 11.9. The number of amides is 1. The molecule has 136 valence electrons. The predicted molar refractivity (Wildman–Crippen MR) is 107 cm³/mol. The number of halogens is 1. The van der Waals surface area contributed by atoms with Gasteiger partial charge < -0.3 is 10.1 Å². The van der Waals surface area contributed by atoms with Crippen LogP contribution < -0.4 is 15.4 Å². The van der Waals surface area contributed by atoms with Crippen molar-refractivity contribution in [1.29, 1.82) is 0 Å². The van der Waals surface area contributed by atoms with Gasteiger partial charge in [0.2, 0.25) is 0 Å². The minimum absolute atomic E-state index is 0.0363. The predicted octanol–water partition coefficient (Wildman–Crippen LogP) is 3.87. The number of nitrogens with zero attached hydrogens (tertiary/aromatic N) is 1. The molecule has 0 heterocycles. The molecule has 26 heavy (non-hydrogen) atoms. The first-order valence-corrected chi connectivity index (χ1v) is 8.71. The summed E-state index contributed by atoms with van der Waals surface area (Å²) in [6, 6.07) is 9.74. The highest BCUT2D eigenvalue weighted by atomic mass is 79.9. The van der Waals surface area contributed by atoms with E-state index in [1.165, 1.54) is 12.1 Å². The third kappa shape index (κ3) is 5.50. The van der Waals surface area contributed by atoms with Crippen LogP contribution in [0, 0.1) is 24.0 Å². The van der Waals surface area contributed by atoms with Crippen LogP contribution in [0.25, 0.3) is 0 Å². The van der Waals surface area contributed by atoms with Gasteiger partial charge in [0, 0.05) is 22.3 Å². The Morgan fingerprint density at radius 3 is 2.62 bits per heavy atom. The second kappa shape index (κ2) is 8.72. The quantitative estimate of drug-likeness (QED) is 0.418. The van der Waals surface area contributed by atoms with Crippen LogP contribution in [-0.4, -0.2) is 22.5 Å². The van der Waals surface area contributed by atoms with Crippen LogP contribution in [0.4, 0.5) is 11.4 Å². The van der Waals surface area contributed by atoms with Crippen LogP contribution in [0.15, 0.2) is 40.9 Å². The van der Waals surface area contributed by atoms with Crippen molar-refractivity contribution in [1.82, 2.24) is 5.32 Å². The van der Waals surface area contributed by atoms with Crippen LogP contribution in [0.2, 0.25) is 0 Å². The van der Waals surface area contributed by atoms with E-state index in [9.17, 15) is 14.9 Å². The lowest BCUT2D eigenvalue weighted by molar-refractivity contribution is -0.384. The summed E-state index contributed by atoms with van der Waals surface area (Å²) in [5.74, 6) is 0.125. The summed E-state index contributed by atoms with van der Waals surface area (Å²) in [7, 11) is 0. The van der Waals surface area contributed by atoms with Crippen molar-refractivity contribution in [2.45, 2.75) is 13.8 Å². The maximum Gasteiger partial charge on any atom is 0.271 e. The summed E-state index contributed by atoms with van der Waals surface area (Å²) in [6.07, 6.45) is 0. The molecule has 0 spiro atoms. The fourth-order valence-corrected chi connectivity index (χ4v) is 2.50. The highest BCUT2D eigenvalue weighted by molar-refractivity contribution is 9.10. The Labute approximate surface area is 164 Å². The fourth-order valence-electron chi connectivity index (χ4n) is 2.03. The van der Waals surface area contributed by atoms with Crippen molar-refractivity contribution in [3.05, 3.63) is 62.1 Å². The third-order valence-corrected chi connectivity index (χ3v) is 4.53. The number of carbonyl (C=O) groups excluding carboxylic acids is 1. The molecular weight excluding hydrogens is 422 g/mol. The molecule has 2 aromatic rings. The van der Waals surface area contributed by atoms with Crippen molar-refractivity contribution < 1.29 is 14.5 Å². The number of aryl methyl sites for hydroxylation is 2. The molecule has 0 aliphatic carbocycles. The number of ether oxygens (including phenoxy) is 1. The Balaban J connectivity index is 1.91. The van der Waals surface area contributed by atoms with Crippen LogP contribution in [-0.2, 0) is 4.79 Å². The molecular formula is C17H16BrN3O4S. The van der Waals surface area contributed by atoms with Gasteiger partial charge in [0.1, 0.15) is 5.75 Å². The Kier molecular flexibility index (Phi) is 6.64. The molecule has 0 fully saturated rings. The van der Waals surface area contributed by atoms with Gasteiger partial charge in [0.25, 0.3) is 11.6 Å². The standard InChI is InChI=1S/C17H16BrN3O4S/c1-10-3-4-12(21(23)24)8-15(10)19-17(26)20-16(22)9-25-13-5-6-14(18)11(2)7-13/h3-8H,9H2,1-2H3,(H2,19,20,22,26). The van der Waals surface area contributed by atoms with E-state index < -0.39 is 10.8 Å². The summed E-state index contributed by atoms with van der Waals surface area (Å²) in [4.78, 5) is 22.3. The fraction of sp³-hybridized carbons (Fsp3) is 0.176. The molecule has 0 radical (unpaired) electrons. The van der Waals surface area contributed by atoms with Crippen LogP contribution in [0.3, 0.4) is 0 Å². The number of thiocarbonyl (C=S) groups is 1. The molecule has 2 N–H and O–H groups in total. The first-order valence-electron chi connectivity index (χ1n) is 7.51. The van der Waals surface area contributed by atoms with Gasteiger partial charge in [-0.05, 0) is 55.4 Å². The summed E-state index contributed by atoms with van der Waals surface area (Å²) in [5.41, 5.74) is 2.13. The van der Waals surface area contributed by atoms with Gasteiger partial charge in [-0.2, -0.15) is 0 Å². The van der Waals surface area contributed by atoms with Gasteiger partial charge in [-0.15, -0.1) is 0 Å². The largest absolute Gasteiger partial charge is 0.484 e. The van der Waals surface area contributed by atoms with E-state index >= 15 is 0 Å². The molecule has 0 saturated carbocycles. The van der Waals surface area contributed by atoms with Crippen LogP contribution >= 0.6 is 28.1 Å². The minimum atomic E-state index is -0.500. The molecule has 2 aromatic carbocycles. The van der Waals surface area contributed by atoms with Crippen molar-refractivity contribution in [2.24, 2.45) is 0 Å². The van der Waals surface area contributed by atoms with Gasteiger partial charge in [0.05, 0.1) is 4.92 Å². The van der Waals surface area contributed by atoms with Gasteiger partial charge in [0.15, 0.2) is 11.7 Å². The number of carbonyl (C=O) groups is 1. The molecule has 1 amide bonds. The summed E-state index contributed by atoms with van der Waals surface area (Å²) in [6.45, 7) is 3.48. The zero-order valence-electron chi connectivity index (χ0n) is 14.0. The number of benzene rings is 2. The maximum absolute atomic E-state index is 11.9. The van der Waals surface area contributed by atoms with E-state index in [1.807, 2.05) is 13.0 Å². The lowest BCUT2D eigenvalue weighted by Crippen LogP contribution is -2.37. The normalized spacial score (nSPS) is 10.1. The van der Waals surface area contributed by atoms with E-state index in [0.29, 0.717) is 11.4 Å². The number of nitrogens with one attached hydrogen (secondary N) is 2. The first kappa shape index (κ1) is 19.8. The number of nitro benzene ring substituents is 1. The summed E-state index contributed by atoms with van der Waals surface area (Å²) >= 11 is 8.47. The Morgan fingerprint density at radius 2 is 1.96 bits per heavy atom. The average molecular weight is 438 g/mol. The van der Waals surface area contributed by atoms with Crippen molar-refractivity contribution >= 4 is 50.5 Å². The second-order valence-electron chi connectivity index (χ2n) is 5.46. The smallest absolute Gasteiger partial charge is 0.271 e. The lowest BCUT2D eigenvalue weighted by atomic mass is 10.2. The van der Waals surface area contributed by atoms with E-state index in [-0.39, 0.29) is 17.4 Å². The molecule has 7 nitrogen and oxygen atoms in total. The first-order chi connectivity index (χ1) is 12.3. The SMILES string of the molecule is Cc1cc(OCC(=O)NC(=S)Nc2cc([N+](=O)[O-])ccc2C)ccc1Br. The van der Waals surface area contributed by atoms with E-state index in [4.69, 9.17) is 17.0 Å². The van der Waals surface area contributed by atoms with Crippen LogP contribution in [0.1, 0.15) is 11.1 Å². The monoisotopic (exact) mass is 437 g/mol. The zero-order chi connectivity index (χ0) is 19.3. The highest BCUT2D eigenvalue weighted by Crippen LogP contribution is 2.22. The van der Waals surface area contributed by atoms with Gasteiger partial charge in [-0.1, -0.05) is 22.0 Å². The molecule has 0 aliphatic rings. The number of nitro groups is 1. The number of rotatable bonds is 5. The molecule has 0 bridgehead atoms. The molecule has 0 aliphatic heterocycles. The average Bonchev–Trinajstić information content (AvgIpc) is 2.57. The highest BCUT2D eigenvalue weighted by Gasteiger charge is 2.11. The molecule has 0 atom stereocenters. The van der Waals surface area contributed by atoms with Crippen molar-refractivity contribution in [2.75, 3.05) is 11.9 Å². The van der Waals surface area contributed by atoms with Gasteiger partial charge in [-0.25, -0.2) is 0 Å². The second-order valence-corrected chi connectivity index (χ2v) is 6.72. The molecule has 0 aromatic heterocycles. The van der Waals surface area contributed by atoms with Crippen molar-refractivity contribution in [3.63, 3.8) is 0 Å². The van der Waals surface area contributed by atoms with Gasteiger partial charge >= 0.3 is 0 Å². The molecule has 9 heteroatoms. The number of anilines is 1.